The summed E-state index contributed by atoms with van der Waals surface area (Å²) in [6, 6.07) is 1.48. The van der Waals surface area contributed by atoms with Crippen LogP contribution >= 0.6 is 11.6 Å². The van der Waals surface area contributed by atoms with Crippen LogP contribution in [0.15, 0.2) is 6.07 Å². The molecule has 24 heavy (non-hydrogen) atoms. The highest BCUT2D eigenvalue weighted by atomic mass is 35.5. The molecule has 2 heterocycles. The molecule has 0 bridgehead atoms. The van der Waals surface area contributed by atoms with Gasteiger partial charge in [-0.25, -0.2) is 0 Å². The Kier molecular flexibility index (Phi) is 5.56. The predicted octanol–water partition coefficient (Wildman–Crippen LogP) is 2.83. The van der Waals surface area contributed by atoms with E-state index in [0.29, 0.717) is 11.4 Å². The van der Waals surface area contributed by atoms with Crippen molar-refractivity contribution in [3.05, 3.63) is 16.8 Å². The Bertz CT molecular complexity index is 582. The van der Waals surface area contributed by atoms with Gasteiger partial charge in [-0.3, -0.25) is 9.69 Å². The molecule has 0 aromatic carbocycles. The predicted molar refractivity (Wildman–Crippen MR) is 95.3 cm³/mol. The number of carbonyl (C=O) groups excluding carboxylic acids is 1. The second-order valence-corrected chi connectivity index (χ2v) is 7.37. The van der Waals surface area contributed by atoms with Gasteiger partial charge < -0.3 is 11.1 Å². The molecule has 1 aliphatic heterocycles. The van der Waals surface area contributed by atoms with Crippen LogP contribution in [-0.2, 0) is 0 Å². The number of likely N-dealkylation sites (tertiary alicyclic amines) is 1. The number of hydrogen-bond donors (Lipinski definition) is 2. The molecule has 0 spiro atoms. The number of nitrogens with zero attached hydrogens (tertiary/aromatic N) is 3. The molecule has 0 radical (unpaired) electrons. The summed E-state index contributed by atoms with van der Waals surface area (Å²) in [7, 11) is 0. The SMILES string of the molecule is NC(=O)c1cc(Cl)nnc1NCC1(N2CCCCC2)CCCCC1. The molecule has 1 saturated heterocycles. The van der Waals surface area contributed by atoms with Crippen LogP contribution in [0.3, 0.4) is 0 Å². The van der Waals surface area contributed by atoms with E-state index in [1.165, 1.54) is 57.4 Å². The number of piperidine rings is 1. The third-order valence-electron chi connectivity index (χ3n) is 5.43. The summed E-state index contributed by atoms with van der Waals surface area (Å²) >= 11 is 5.84. The fraction of sp³-hybridized carbons (Fsp3) is 0.706. The maximum absolute atomic E-state index is 11.7. The minimum Gasteiger partial charge on any atom is -0.366 e. The van der Waals surface area contributed by atoms with Gasteiger partial charge in [0.25, 0.3) is 5.91 Å². The molecule has 0 atom stereocenters. The van der Waals surface area contributed by atoms with Crippen molar-refractivity contribution < 1.29 is 4.79 Å². The van der Waals surface area contributed by atoms with Crippen molar-refractivity contribution in [3.63, 3.8) is 0 Å². The van der Waals surface area contributed by atoms with E-state index < -0.39 is 5.91 Å². The second-order valence-electron chi connectivity index (χ2n) is 6.98. The van der Waals surface area contributed by atoms with Gasteiger partial charge in [0, 0.05) is 12.1 Å². The van der Waals surface area contributed by atoms with Crippen molar-refractivity contribution in [2.24, 2.45) is 5.73 Å². The van der Waals surface area contributed by atoms with Crippen LogP contribution < -0.4 is 11.1 Å². The normalized spacial score (nSPS) is 21.4. The van der Waals surface area contributed by atoms with Gasteiger partial charge in [-0.1, -0.05) is 37.3 Å². The largest absolute Gasteiger partial charge is 0.366 e. The van der Waals surface area contributed by atoms with E-state index in [4.69, 9.17) is 17.3 Å². The van der Waals surface area contributed by atoms with Gasteiger partial charge in [-0.05, 0) is 44.8 Å². The van der Waals surface area contributed by atoms with Crippen LogP contribution in [0.25, 0.3) is 0 Å². The molecule has 6 nitrogen and oxygen atoms in total. The molecular weight excluding hydrogens is 326 g/mol. The van der Waals surface area contributed by atoms with Crippen molar-refractivity contribution in [2.45, 2.75) is 56.9 Å². The first-order chi connectivity index (χ1) is 11.6. The lowest BCUT2D eigenvalue weighted by Crippen LogP contribution is -2.56. The standard InChI is InChI=1S/C17H26ClN5O/c18-14-11-13(15(19)24)16(22-21-14)20-12-17(7-3-1-4-8-17)23-9-5-2-6-10-23/h11H,1-10,12H2,(H2,19,24)(H,20,22). The average molecular weight is 352 g/mol. The van der Waals surface area contributed by atoms with Crippen LogP contribution in [0, 0.1) is 0 Å². The number of rotatable bonds is 5. The Hall–Kier alpha value is -1.40. The number of primary amides is 1. The lowest BCUT2D eigenvalue weighted by atomic mass is 9.79. The van der Waals surface area contributed by atoms with E-state index in [-0.39, 0.29) is 10.7 Å². The van der Waals surface area contributed by atoms with Gasteiger partial charge in [-0.15, -0.1) is 10.2 Å². The van der Waals surface area contributed by atoms with E-state index in [1.54, 1.807) is 0 Å². The summed E-state index contributed by atoms with van der Waals surface area (Å²) in [5.74, 6) is -0.0983. The van der Waals surface area contributed by atoms with E-state index in [0.717, 1.165) is 19.6 Å². The number of nitrogens with two attached hydrogens (primary N) is 1. The molecule has 2 fully saturated rings. The number of aromatic nitrogens is 2. The van der Waals surface area contributed by atoms with E-state index in [9.17, 15) is 4.79 Å². The Morgan fingerprint density at radius 2 is 1.83 bits per heavy atom. The number of nitrogens with one attached hydrogen (secondary N) is 1. The summed E-state index contributed by atoms with van der Waals surface area (Å²) < 4.78 is 0. The number of hydrogen-bond acceptors (Lipinski definition) is 5. The first-order valence-corrected chi connectivity index (χ1v) is 9.30. The fourth-order valence-electron chi connectivity index (χ4n) is 4.12. The summed E-state index contributed by atoms with van der Waals surface area (Å²) in [6.07, 6.45) is 10.1. The van der Waals surface area contributed by atoms with Crippen molar-refractivity contribution in [2.75, 3.05) is 25.0 Å². The highest BCUT2D eigenvalue weighted by Gasteiger charge is 2.38. The van der Waals surface area contributed by atoms with Crippen LogP contribution in [0.1, 0.15) is 61.7 Å². The van der Waals surface area contributed by atoms with Crippen LogP contribution in [0.2, 0.25) is 5.15 Å². The van der Waals surface area contributed by atoms with Crippen molar-refractivity contribution in [3.8, 4) is 0 Å². The number of carbonyl (C=O) groups is 1. The molecule has 2 aliphatic rings. The Morgan fingerprint density at radius 1 is 1.17 bits per heavy atom. The van der Waals surface area contributed by atoms with Crippen molar-refractivity contribution in [1.29, 1.82) is 0 Å². The lowest BCUT2D eigenvalue weighted by molar-refractivity contribution is 0.0436. The molecule has 132 valence electrons. The van der Waals surface area contributed by atoms with E-state index in [1.807, 2.05) is 0 Å². The third-order valence-corrected chi connectivity index (χ3v) is 5.61. The van der Waals surface area contributed by atoms with Crippen LogP contribution in [0.4, 0.5) is 5.82 Å². The maximum atomic E-state index is 11.7. The number of anilines is 1. The van der Waals surface area contributed by atoms with Crippen LogP contribution in [0.5, 0.6) is 0 Å². The zero-order valence-corrected chi connectivity index (χ0v) is 14.8. The van der Waals surface area contributed by atoms with Crippen molar-refractivity contribution >= 4 is 23.3 Å². The smallest absolute Gasteiger partial charge is 0.252 e. The summed E-state index contributed by atoms with van der Waals surface area (Å²) in [4.78, 5) is 14.3. The van der Waals surface area contributed by atoms with Gasteiger partial charge in [0.2, 0.25) is 0 Å². The monoisotopic (exact) mass is 351 g/mol. The highest BCUT2D eigenvalue weighted by Crippen LogP contribution is 2.36. The van der Waals surface area contributed by atoms with Gasteiger partial charge >= 0.3 is 0 Å². The molecule has 0 unspecified atom stereocenters. The maximum Gasteiger partial charge on any atom is 0.252 e. The number of amides is 1. The van der Waals surface area contributed by atoms with Gasteiger partial charge in [0.05, 0.1) is 5.56 Å². The molecule has 3 rings (SSSR count). The van der Waals surface area contributed by atoms with Gasteiger partial charge in [0.15, 0.2) is 11.0 Å². The second kappa shape index (κ2) is 7.66. The third kappa shape index (κ3) is 3.81. The lowest BCUT2D eigenvalue weighted by Gasteiger charge is -2.48. The first kappa shape index (κ1) is 17.4. The molecular formula is C17H26ClN5O. The van der Waals surface area contributed by atoms with Gasteiger partial charge in [-0.2, -0.15) is 0 Å². The topological polar surface area (TPSA) is 84.1 Å². The first-order valence-electron chi connectivity index (χ1n) is 8.93. The zero-order chi connectivity index (χ0) is 17.0. The van der Waals surface area contributed by atoms with Crippen LogP contribution in [-0.4, -0.2) is 46.2 Å². The Balaban J connectivity index is 1.77. The average Bonchev–Trinajstić information content (AvgIpc) is 2.62. The minimum absolute atomic E-state index is 0.148. The molecule has 1 aliphatic carbocycles. The molecule has 1 amide bonds. The summed E-state index contributed by atoms with van der Waals surface area (Å²) in [6.45, 7) is 3.09. The molecule has 1 aromatic heterocycles. The quantitative estimate of drug-likeness (QED) is 0.852. The van der Waals surface area contributed by atoms with E-state index >= 15 is 0 Å². The molecule has 1 saturated carbocycles. The number of halogens is 1. The molecule has 1 aromatic rings. The van der Waals surface area contributed by atoms with E-state index in [2.05, 4.69) is 20.4 Å². The highest BCUT2D eigenvalue weighted by molar-refractivity contribution is 6.29. The fourth-order valence-corrected chi connectivity index (χ4v) is 4.26. The van der Waals surface area contributed by atoms with Crippen molar-refractivity contribution in [1.82, 2.24) is 15.1 Å². The summed E-state index contributed by atoms with van der Waals surface area (Å²) in [5.41, 5.74) is 5.91. The molecule has 7 heteroatoms. The summed E-state index contributed by atoms with van der Waals surface area (Å²) in [5, 5.41) is 11.4. The Morgan fingerprint density at radius 3 is 2.50 bits per heavy atom. The van der Waals surface area contributed by atoms with Gasteiger partial charge in [0.1, 0.15) is 0 Å². The minimum atomic E-state index is -0.537. The molecule has 3 N–H and O–H groups in total. The zero-order valence-electron chi connectivity index (χ0n) is 14.1. The Labute approximate surface area is 148 Å².